The largest absolute Gasteiger partial charge is 0.370 e. The number of hydrogen-bond acceptors (Lipinski definition) is 3. The van der Waals surface area contributed by atoms with Gasteiger partial charge in [0.15, 0.2) is 0 Å². The van der Waals surface area contributed by atoms with Crippen LogP contribution in [0.2, 0.25) is 0 Å². The van der Waals surface area contributed by atoms with E-state index in [0.29, 0.717) is 11.4 Å². The van der Waals surface area contributed by atoms with Crippen LogP contribution in [0.4, 0.5) is 15.8 Å². The quantitative estimate of drug-likeness (QED) is 0.898. The van der Waals surface area contributed by atoms with E-state index in [1.807, 2.05) is 46.6 Å². The van der Waals surface area contributed by atoms with Gasteiger partial charge in [-0.15, -0.1) is 0 Å². The van der Waals surface area contributed by atoms with Crippen molar-refractivity contribution >= 4 is 17.3 Å². The summed E-state index contributed by atoms with van der Waals surface area (Å²) >= 11 is 0. The summed E-state index contributed by atoms with van der Waals surface area (Å²) in [5.74, 6) is -0.680. The van der Waals surface area contributed by atoms with Crippen LogP contribution in [0.3, 0.4) is 0 Å². The molecule has 0 saturated carbocycles. The zero-order valence-electron chi connectivity index (χ0n) is 13.7. The molecule has 1 atom stereocenters. The highest BCUT2D eigenvalue weighted by atomic mass is 19.1. The number of halogens is 1. The number of nitrogens with two attached hydrogens (primary N) is 1. The number of amides is 1. The summed E-state index contributed by atoms with van der Waals surface area (Å²) in [6, 6.07) is 4.20. The van der Waals surface area contributed by atoms with Crippen molar-refractivity contribution in [3.8, 4) is 0 Å². The highest BCUT2D eigenvalue weighted by molar-refractivity contribution is 5.95. The fourth-order valence-corrected chi connectivity index (χ4v) is 1.76. The van der Waals surface area contributed by atoms with Crippen molar-refractivity contribution in [1.82, 2.24) is 0 Å². The van der Waals surface area contributed by atoms with E-state index in [2.05, 4.69) is 5.32 Å². The number of benzene rings is 1. The SMILES string of the molecule is CC(C)N(C)c1ccc(NC(=O)C(N)C(C)(C)C)cc1F. The van der Waals surface area contributed by atoms with Gasteiger partial charge in [-0.05, 0) is 37.5 Å². The zero-order chi connectivity index (χ0) is 16.4. The van der Waals surface area contributed by atoms with Gasteiger partial charge in [-0.3, -0.25) is 4.79 Å². The number of carbonyl (C=O) groups is 1. The van der Waals surface area contributed by atoms with E-state index in [-0.39, 0.29) is 23.2 Å². The molecular weight excluding hydrogens is 269 g/mol. The Morgan fingerprint density at radius 2 is 1.90 bits per heavy atom. The van der Waals surface area contributed by atoms with Crippen molar-refractivity contribution in [2.24, 2.45) is 11.1 Å². The molecule has 5 heteroatoms. The minimum absolute atomic E-state index is 0.189. The molecule has 1 aromatic rings. The summed E-state index contributed by atoms with van der Waals surface area (Å²) in [5.41, 5.74) is 6.45. The van der Waals surface area contributed by atoms with E-state index in [4.69, 9.17) is 5.73 Å². The van der Waals surface area contributed by atoms with Gasteiger partial charge in [0.2, 0.25) is 5.91 Å². The fourth-order valence-electron chi connectivity index (χ4n) is 1.76. The number of anilines is 2. The molecule has 0 spiro atoms. The maximum Gasteiger partial charge on any atom is 0.241 e. The van der Waals surface area contributed by atoms with E-state index < -0.39 is 6.04 Å². The number of nitrogens with one attached hydrogen (secondary N) is 1. The Bertz CT molecular complexity index is 509. The summed E-state index contributed by atoms with van der Waals surface area (Å²) in [5, 5.41) is 2.66. The number of carbonyl (C=O) groups excluding carboxylic acids is 1. The predicted molar refractivity (Wildman–Crippen MR) is 86.0 cm³/mol. The van der Waals surface area contributed by atoms with Crippen molar-refractivity contribution in [2.45, 2.75) is 46.7 Å². The van der Waals surface area contributed by atoms with Gasteiger partial charge in [-0.25, -0.2) is 4.39 Å². The second kappa shape index (κ2) is 6.43. The molecule has 0 bridgehead atoms. The maximum atomic E-state index is 14.1. The molecule has 21 heavy (non-hydrogen) atoms. The smallest absolute Gasteiger partial charge is 0.241 e. The molecule has 1 aromatic carbocycles. The van der Waals surface area contributed by atoms with Gasteiger partial charge in [0, 0.05) is 18.8 Å². The maximum absolute atomic E-state index is 14.1. The Labute approximate surface area is 126 Å². The average molecular weight is 295 g/mol. The molecule has 0 fully saturated rings. The van der Waals surface area contributed by atoms with Crippen LogP contribution in [0, 0.1) is 11.2 Å². The van der Waals surface area contributed by atoms with E-state index in [0.717, 1.165) is 0 Å². The van der Waals surface area contributed by atoms with E-state index in [1.54, 1.807) is 12.1 Å². The minimum atomic E-state index is -0.654. The van der Waals surface area contributed by atoms with E-state index >= 15 is 0 Å². The van der Waals surface area contributed by atoms with Crippen molar-refractivity contribution < 1.29 is 9.18 Å². The number of rotatable bonds is 4. The molecule has 0 heterocycles. The molecule has 3 N–H and O–H groups in total. The van der Waals surface area contributed by atoms with Crippen LogP contribution < -0.4 is 16.0 Å². The molecule has 1 amide bonds. The average Bonchev–Trinajstić information content (AvgIpc) is 2.35. The number of nitrogens with zero attached hydrogens (tertiary/aromatic N) is 1. The first-order chi connectivity index (χ1) is 9.54. The van der Waals surface area contributed by atoms with Crippen LogP contribution in [-0.4, -0.2) is 25.0 Å². The van der Waals surface area contributed by atoms with E-state index in [1.165, 1.54) is 6.07 Å². The highest BCUT2D eigenvalue weighted by Crippen LogP contribution is 2.24. The second-order valence-electron chi connectivity index (χ2n) is 6.70. The molecule has 0 aliphatic heterocycles. The topological polar surface area (TPSA) is 58.4 Å². The fraction of sp³-hybridized carbons (Fsp3) is 0.562. The molecule has 0 aromatic heterocycles. The first-order valence-corrected chi connectivity index (χ1v) is 7.13. The van der Waals surface area contributed by atoms with Crippen LogP contribution in [0.15, 0.2) is 18.2 Å². The molecule has 1 unspecified atom stereocenters. The van der Waals surface area contributed by atoms with Gasteiger partial charge in [-0.2, -0.15) is 0 Å². The van der Waals surface area contributed by atoms with Crippen LogP contribution in [0.25, 0.3) is 0 Å². The molecule has 4 nitrogen and oxygen atoms in total. The lowest BCUT2D eigenvalue weighted by Gasteiger charge is -2.26. The molecule has 0 radical (unpaired) electrons. The first-order valence-electron chi connectivity index (χ1n) is 7.13. The van der Waals surface area contributed by atoms with Gasteiger partial charge in [0.1, 0.15) is 5.82 Å². The molecule has 118 valence electrons. The normalized spacial score (nSPS) is 13.2. The monoisotopic (exact) mass is 295 g/mol. The van der Waals surface area contributed by atoms with Gasteiger partial charge < -0.3 is 16.0 Å². The Hall–Kier alpha value is -1.62. The molecular formula is C16H26FN3O. The van der Waals surface area contributed by atoms with Crippen LogP contribution in [-0.2, 0) is 4.79 Å². The lowest BCUT2D eigenvalue weighted by molar-refractivity contribution is -0.119. The Kier molecular flexibility index (Phi) is 5.34. The third kappa shape index (κ3) is 4.43. The van der Waals surface area contributed by atoms with Crippen LogP contribution in [0.5, 0.6) is 0 Å². The lowest BCUT2D eigenvalue weighted by atomic mass is 9.87. The first kappa shape index (κ1) is 17.4. The predicted octanol–water partition coefficient (Wildman–Crippen LogP) is 2.98. The molecule has 0 aliphatic rings. The van der Waals surface area contributed by atoms with Crippen molar-refractivity contribution in [1.29, 1.82) is 0 Å². The summed E-state index contributed by atoms with van der Waals surface area (Å²) in [6.07, 6.45) is 0. The lowest BCUT2D eigenvalue weighted by Crippen LogP contribution is -2.45. The van der Waals surface area contributed by atoms with Crippen molar-refractivity contribution in [3.05, 3.63) is 24.0 Å². The Morgan fingerprint density at radius 1 is 1.33 bits per heavy atom. The van der Waals surface area contributed by atoms with E-state index in [9.17, 15) is 9.18 Å². The van der Waals surface area contributed by atoms with Gasteiger partial charge >= 0.3 is 0 Å². The van der Waals surface area contributed by atoms with Crippen LogP contribution in [0.1, 0.15) is 34.6 Å². The third-order valence-corrected chi connectivity index (χ3v) is 3.59. The second-order valence-corrected chi connectivity index (χ2v) is 6.70. The Morgan fingerprint density at radius 3 is 2.33 bits per heavy atom. The summed E-state index contributed by atoms with van der Waals surface area (Å²) < 4.78 is 14.1. The van der Waals surface area contributed by atoms with Gasteiger partial charge in [-0.1, -0.05) is 20.8 Å². The minimum Gasteiger partial charge on any atom is -0.370 e. The molecule has 0 saturated heterocycles. The Balaban J connectivity index is 2.88. The summed E-state index contributed by atoms with van der Waals surface area (Å²) in [4.78, 5) is 13.9. The van der Waals surface area contributed by atoms with Crippen molar-refractivity contribution in [2.75, 3.05) is 17.3 Å². The summed E-state index contributed by atoms with van der Waals surface area (Å²) in [6.45, 7) is 9.63. The van der Waals surface area contributed by atoms with Crippen LogP contribution >= 0.6 is 0 Å². The molecule has 1 rings (SSSR count). The zero-order valence-corrected chi connectivity index (χ0v) is 13.7. The number of hydrogen-bond donors (Lipinski definition) is 2. The highest BCUT2D eigenvalue weighted by Gasteiger charge is 2.27. The molecule has 0 aliphatic carbocycles. The third-order valence-electron chi connectivity index (χ3n) is 3.59. The summed E-state index contributed by atoms with van der Waals surface area (Å²) in [7, 11) is 1.83. The van der Waals surface area contributed by atoms with Crippen molar-refractivity contribution in [3.63, 3.8) is 0 Å². The van der Waals surface area contributed by atoms with Gasteiger partial charge in [0.05, 0.1) is 11.7 Å². The standard InChI is InChI=1S/C16H26FN3O/c1-10(2)20(6)13-8-7-11(9-12(13)17)19-15(21)14(18)16(3,4)5/h7-10,14H,18H2,1-6H3,(H,19,21). The van der Waals surface area contributed by atoms with Gasteiger partial charge in [0.25, 0.3) is 0 Å².